The van der Waals surface area contributed by atoms with E-state index in [0.29, 0.717) is 5.69 Å². The molecule has 1 aromatic rings. The molecular formula is C18H29N3O. The van der Waals surface area contributed by atoms with Gasteiger partial charge >= 0.3 is 0 Å². The SMILES string of the molecule is Cc1cc(N)c(NC(=O)C(C)(C)C)cc1N1CCC(C)CC1. The Morgan fingerprint density at radius 3 is 2.41 bits per heavy atom. The molecule has 4 nitrogen and oxygen atoms in total. The Morgan fingerprint density at radius 1 is 1.27 bits per heavy atom. The van der Waals surface area contributed by atoms with Crippen molar-refractivity contribution in [3.05, 3.63) is 17.7 Å². The van der Waals surface area contributed by atoms with Crippen LogP contribution >= 0.6 is 0 Å². The quantitative estimate of drug-likeness (QED) is 0.817. The molecule has 122 valence electrons. The summed E-state index contributed by atoms with van der Waals surface area (Å²) in [6.07, 6.45) is 2.43. The first-order valence-electron chi connectivity index (χ1n) is 8.15. The van der Waals surface area contributed by atoms with Gasteiger partial charge in [-0.1, -0.05) is 27.7 Å². The molecule has 4 heteroatoms. The average molecular weight is 303 g/mol. The molecule has 0 spiro atoms. The van der Waals surface area contributed by atoms with Crippen LogP contribution in [0.3, 0.4) is 0 Å². The minimum atomic E-state index is -0.432. The number of carbonyl (C=O) groups is 1. The van der Waals surface area contributed by atoms with E-state index in [1.165, 1.54) is 24.1 Å². The topological polar surface area (TPSA) is 58.4 Å². The highest BCUT2D eigenvalue weighted by Crippen LogP contribution is 2.33. The van der Waals surface area contributed by atoms with Crippen molar-refractivity contribution in [3.8, 4) is 0 Å². The molecule has 1 fully saturated rings. The number of benzene rings is 1. The number of hydrogen-bond acceptors (Lipinski definition) is 3. The van der Waals surface area contributed by atoms with Gasteiger partial charge in [0, 0.05) is 24.2 Å². The standard InChI is InChI=1S/C18H29N3O/c1-12-6-8-21(9-7-12)16-11-15(14(19)10-13(16)2)20-17(22)18(3,4)5/h10-12H,6-9,19H2,1-5H3,(H,20,22). The largest absolute Gasteiger partial charge is 0.397 e. The fourth-order valence-corrected chi connectivity index (χ4v) is 2.73. The Hall–Kier alpha value is -1.71. The summed E-state index contributed by atoms with van der Waals surface area (Å²) in [6, 6.07) is 4.00. The van der Waals surface area contributed by atoms with Gasteiger partial charge in [-0.25, -0.2) is 0 Å². The van der Waals surface area contributed by atoms with E-state index in [2.05, 4.69) is 24.1 Å². The number of rotatable bonds is 2. The Morgan fingerprint density at radius 2 is 1.86 bits per heavy atom. The molecule has 0 aromatic heterocycles. The van der Waals surface area contributed by atoms with Crippen molar-refractivity contribution in [1.29, 1.82) is 0 Å². The van der Waals surface area contributed by atoms with E-state index in [9.17, 15) is 4.79 Å². The van der Waals surface area contributed by atoms with E-state index in [1.54, 1.807) is 0 Å². The Balaban J connectivity index is 2.25. The molecular weight excluding hydrogens is 274 g/mol. The van der Waals surface area contributed by atoms with Gasteiger partial charge in [0.15, 0.2) is 0 Å². The molecule has 0 aliphatic carbocycles. The van der Waals surface area contributed by atoms with Crippen molar-refractivity contribution in [2.45, 2.75) is 47.5 Å². The number of nitrogens with zero attached hydrogens (tertiary/aromatic N) is 1. The molecule has 3 N–H and O–H groups in total. The van der Waals surface area contributed by atoms with Crippen LogP contribution in [0, 0.1) is 18.3 Å². The van der Waals surface area contributed by atoms with Crippen LogP contribution in [-0.2, 0) is 4.79 Å². The van der Waals surface area contributed by atoms with Crippen molar-refractivity contribution >= 4 is 23.0 Å². The maximum atomic E-state index is 12.2. The highest BCUT2D eigenvalue weighted by Gasteiger charge is 2.23. The lowest BCUT2D eigenvalue weighted by molar-refractivity contribution is -0.123. The van der Waals surface area contributed by atoms with Crippen LogP contribution in [0.1, 0.15) is 46.1 Å². The molecule has 1 saturated heterocycles. The fraction of sp³-hybridized carbons (Fsp3) is 0.611. The van der Waals surface area contributed by atoms with Gasteiger partial charge in [-0.3, -0.25) is 4.79 Å². The van der Waals surface area contributed by atoms with Gasteiger partial charge < -0.3 is 16.0 Å². The van der Waals surface area contributed by atoms with Crippen molar-refractivity contribution in [2.24, 2.45) is 11.3 Å². The number of piperidine rings is 1. The highest BCUT2D eigenvalue weighted by atomic mass is 16.2. The second-order valence-electron chi connectivity index (χ2n) is 7.60. The van der Waals surface area contributed by atoms with Crippen LogP contribution in [0.4, 0.5) is 17.1 Å². The number of aryl methyl sites for hydroxylation is 1. The minimum Gasteiger partial charge on any atom is -0.397 e. The first-order chi connectivity index (χ1) is 10.2. The van der Waals surface area contributed by atoms with E-state index in [0.717, 1.165) is 24.7 Å². The van der Waals surface area contributed by atoms with Gasteiger partial charge in [0.25, 0.3) is 0 Å². The molecule has 0 saturated carbocycles. The van der Waals surface area contributed by atoms with Crippen LogP contribution < -0.4 is 16.0 Å². The summed E-state index contributed by atoms with van der Waals surface area (Å²) >= 11 is 0. The normalized spacial score (nSPS) is 16.7. The zero-order valence-electron chi connectivity index (χ0n) is 14.5. The number of amides is 1. The first-order valence-corrected chi connectivity index (χ1v) is 8.15. The molecule has 0 radical (unpaired) electrons. The summed E-state index contributed by atoms with van der Waals surface area (Å²) in [6.45, 7) is 12.2. The van der Waals surface area contributed by atoms with Crippen LogP contribution in [0.25, 0.3) is 0 Å². The third kappa shape index (κ3) is 3.73. The first kappa shape index (κ1) is 16.7. The molecule has 1 amide bonds. The molecule has 0 atom stereocenters. The number of carbonyl (C=O) groups excluding carboxylic acids is 1. The zero-order chi connectivity index (χ0) is 16.5. The number of nitrogens with two attached hydrogens (primary N) is 1. The summed E-state index contributed by atoms with van der Waals surface area (Å²) in [4.78, 5) is 14.6. The second kappa shape index (κ2) is 6.19. The smallest absolute Gasteiger partial charge is 0.229 e. The van der Waals surface area contributed by atoms with Crippen LogP contribution in [0.5, 0.6) is 0 Å². The van der Waals surface area contributed by atoms with Gasteiger partial charge in [-0.15, -0.1) is 0 Å². The number of anilines is 3. The number of nitrogens with one attached hydrogen (secondary N) is 1. The summed E-state index contributed by atoms with van der Waals surface area (Å²) < 4.78 is 0. The van der Waals surface area contributed by atoms with E-state index in [-0.39, 0.29) is 5.91 Å². The van der Waals surface area contributed by atoms with E-state index in [1.807, 2.05) is 32.9 Å². The second-order valence-corrected chi connectivity index (χ2v) is 7.60. The predicted molar refractivity (Wildman–Crippen MR) is 94.3 cm³/mol. The lowest BCUT2D eigenvalue weighted by atomic mass is 9.95. The highest BCUT2D eigenvalue weighted by molar-refractivity contribution is 5.98. The third-order valence-corrected chi connectivity index (χ3v) is 4.42. The minimum absolute atomic E-state index is 0.0127. The van der Waals surface area contributed by atoms with Crippen LogP contribution in [-0.4, -0.2) is 19.0 Å². The van der Waals surface area contributed by atoms with E-state index >= 15 is 0 Å². The molecule has 1 heterocycles. The van der Waals surface area contributed by atoms with Gasteiger partial charge in [0.2, 0.25) is 5.91 Å². The third-order valence-electron chi connectivity index (χ3n) is 4.42. The summed E-state index contributed by atoms with van der Waals surface area (Å²) in [7, 11) is 0. The Kier molecular flexibility index (Phi) is 4.69. The van der Waals surface area contributed by atoms with Gasteiger partial charge in [-0.05, 0) is 43.4 Å². The molecule has 22 heavy (non-hydrogen) atoms. The zero-order valence-corrected chi connectivity index (χ0v) is 14.5. The maximum absolute atomic E-state index is 12.2. The Bertz CT molecular complexity index is 552. The monoisotopic (exact) mass is 303 g/mol. The molecule has 1 aromatic carbocycles. The lowest BCUT2D eigenvalue weighted by Gasteiger charge is -2.33. The summed E-state index contributed by atoms with van der Waals surface area (Å²) in [5, 5.41) is 2.98. The van der Waals surface area contributed by atoms with Gasteiger partial charge in [0.1, 0.15) is 0 Å². The molecule has 0 unspecified atom stereocenters. The van der Waals surface area contributed by atoms with E-state index in [4.69, 9.17) is 5.73 Å². The predicted octanol–water partition coefficient (Wildman–Crippen LogP) is 3.80. The number of hydrogen-bond donors (Lipinski definition) is 2. The van der Waals surface area contributed by atoms with Crippen molar-refractivity contribution in [1.82, 2.24) is 0 Å². The molecule has 0 bridgehead atoms. The maximum Gasteiger partial charge on any atom is 0.229 e. The lowest BCUT2D eigenvalue weighted by Crippen LogP contribution is -2.33. The van der Waals surface area contributed by atoms with Crippen LogP contribution in [0.2, 0.25) is 0 Å². The number of nitrogen functional groups attached to an aromatic ring is 1. The van der Waals surface area contributed by atoms with Crippen molar-refractivity contribution < 1.29 is 4.79 Å². The Labute approximate surface area is 134 Å². The summed E-state index contributed by atoms with van der Waals surface area (Å²) in [5.74, 6) is 0.784. The van der Waals surface area contributed by atoms with Crippen LogP contribution in [0.15, 0.2) is 12.1 Å². The summed E-state index contributed by atoms with van der Waals surface area (Å²) in [5.41, 5.74) is 9.37. The molecule has 1 aliphatic rings. The van der Waals surface area contributed by atoms with Crippen molar-refractivity contribution in [3.63, 3.8) is 0 Å². The van der Waals surface area contributed by atoms with Gasteiger partial charge in [0.05, 0.1) is 11.4 Å². The fourth-order valence-electron chi connectivity index (χ4n) is 2.73. The molecule has 2 rings (SSSR count). The van der Waals surface area contributed by atoms with E-state index < -0.39 is 5.41 Å². The average Bonchev–Trinajstić information content (AvgIpc) is 2.42. The van der Waals surface area contributed by atoms with Gasteiger partial charge in [-0.2, -0.15) is 0 Å². The van der Waals surface area contributed by atoms with Crippen molar-refractivity contribution in [2.75, 3.05) is 29.0 Å². The molecule has 1 aliphatic heterocycles.